The van der Waals surface area contributed by atoms with Crippen LogP contribution in [0.25, 0.3) is 16.9 Å². The zero-order chi connectivity index (χ0) is 25.6. The Balaban J connectivity index is 1.40. The van der Waals surface area contributed by atoms with Gasteiger partial charge in [0.25, 0.3) is 5.91 Å². The summed E-state index contributed by atoms with van der Waals surface area (Å²) in [5.41, 5.74) is 2.79. The number of aromatic nitrogens is 5. The van der Waals surface area contributed by atoms with Crippen molar-refractivity contribution in [1.29, 1.82) is 0 Å². The highest BCUT2D eigenvalue weighted by Gasteiger charge is 2.36. The monoisotopic (exact) mass is 497 g/mol. The number of amides is 1. The number of carbonyl (C=O) groups excluding carboxylic acids is 1. The van der Waals surface area contributed by atoms with Gasteiger partial charge in [0.1, 0.15) is 0 Å². The zero-order valence-electron chi connectivity index (χ0n) is 20.2. The van der Waals surface area contributed by atoms with Crippen LogP contribution in [0.2, 0.25) is 0 Å². The van der Waals surface area contributed by atoms with Crippen LogP contribution in [0.3, 0.4) is 0 Å². The van der Waals surface area contributed by atoms with Gasteiger partial charge < -0.3 is 4.90 Å². The number of alkyl halides is 3. The maximum Gasteiger partial charge on any atom is 0.433 e. The van der Waals surface area contributed by atoms with Gasteiger partial charge in [-0.05, 0) is 37.1 Å². The highest BCUT2D eigenvalue weighted by molar-refractivity contribution is 5.93. The molecule has 36 heavy (non-hydrogen) atoms. The van der Waals surface area contributed by atoms with Crippen molar-refractivity contribution in [2.75, 3.05) is 26.2 Å². The molecule has 0 spiro atoms. The van der Waals surface area contributed by atoms with E-state index >= 15 is 0 Å². The highest BCUT2D eigenvalue weighted by atomic mass is 19.4. The van der Waals surface area contributed by atoms with E-state index in [1.807, 2.05) is 45.4 Å². The van der Waals surface area contributed by atoms with Crippen molar-refractivity contribution in [3.8, 4) is 11.3 Å². The first-order valence-corrected chi connectivity index (χ1v) is 11.6. The molecule has 0 aliphatic carbocycles. The van der Waals surface area contributed by atoms with Crippen molar-refractivity contribution >= 4 is 11.6 Å². The van der Waals surface area contributed by atoms with Crippen molar-refractivity contribution in [3.63, 3.8) is 0 Å². The molecule has 11 heteroatoms. The van der Waals surface area contributed by atoms with E-state index in [2.05, 4.69) is 20.1 Å². The van der Waals surface area contributed by atoms with E-state index in [1.165, 1.54) is 6.07 Å². The van der Waals surface area contributed by atoms with Gasteiger partial charge in [-0.15, -0.1) is 0 Å². The average Bonchev–Trinajstić information content (AvgIpc) is 3.45. The molecule has 4 heterocycles. The number of aryl methyl sites for hydroxylation is 3. The lowest BCUT2D eigenvalue weighted by atomic mass is 10.0. The summed E-state index contributed by atoms with van der Waals surface area (Å²) >= 11 is 0. The molecule has 0 saturated carbocycles. The van der Waals surface area contributed by atoms with Crippen LogP contribution in [0.1, 0.15) is 32.9 Å². The Morgan fingerprint density at radius 2 is 1.78 bits per heavy atom. The van der Waals surface area contributed by atoms with Crippen LogP contribution in [-0.4, -0.2) is 66.3 Å². The predicted octanol–water partition coefficient (Wildman–Crippen LogP) is 3.72. The minimum absolute atomic E-state index is 0.0170. The number of nitrogens with zero attached hydrogens (tertiary/aromatic N) is 7. The summed E-state index contributed by atoms with van der Waals surface area (Å²) in [7, 11) is 1.86. The molecule has 1 aromatic carbocycles. The quantitative estimate of drug-likeness (QED) is 0.430. The average molecular weight is 498 g/mol. The summed E-state index contributed by atoms with van der Waals surface area (Å²) in [5, 5.41) is 8.20. The number of carbonyl (C=O) groups is 1. The van der Waals surface area contributed by atoms with Gasteiger partial charge in [0, 0.05) is 63.2 Å². The van der Waals surface area contributed by atoms with Crippen LogP contribution >= 0.6 is 0 Å². The van der Waals surface area contributed by atoms with E-state index in [1.54, 1.807) is 15.6 Å². The first-order chi connectivity index (χ1) is 17.1. The molecular formula is C25H26F3N7O. The molecule has 0 atom stereocenters. The molecule has 0 unspecified atom stereocenters. The standard InChI is InChI=1S/C25H26F3N7O/c1-16-4-5-19(10-17(16)2)20-11-22(25(26,27)28)35-23(30-20)12-21(31-35)24(36)34-8-6-33(7-9-34)15-18-13-29-32(3)14-18/h4-5,10-14H,6-9,15H2,1-3H3. The normalized spacial score (nSPS) is 15.1. The maximum absolute atomic E-state index is 14.0. The minimum atomic E-state index is -4.67. The summed E-state index contributed by atoms with van der Waals surface area (Å²) in [5.74, 6) is -0.401. The molecule has 0 N–H and O–H groups in total. The molecule has 1 saturated heterocycles. The molecule has 5 rings (SSSR count). The van der Waals surface area contributed by atoms with Crippen molar-refractivity contribution in [1.82, 2.24) is 34.2 Å². The van der Waals surface area contributed by atoms with Crippen LogP contribution in [0.4, 0.5) is 13.2 Å². The van der Waals surface area contributed by atoms with Crippen LogP contribution < -0.4 is 0 Å². The summed E-state index contributed by atoms with van der Waals surface area (Å²) < 4.78 is 44.3. The topological polar surface area (TPSA) is 71.6 Å². The third-order valence-electron chi connectivity index (χ3n) is 6.56. The van der Waals surface area contributed by atoms with Gasteiger partial charge >= 0.3 is 6.18 Å². The largest absolute Gasteiger partial charge is 0.433 e. The summed E-state index contributed by atoms with van der Waals surface area (Å²) in [6.07, 6.45) is -0.906. The molecule has 1 aliphatic rings. The first kappa shape index (κ1) is 24.0. The number of rotatable bonds is 4. The van der Waals surface area contributed by atoms with Crippen LogP contribution in [0.5, 0.6) is 0 Å². The van der Waals surface area contributed by atoms with Gasteiger partial charge in [-0.25, -0.2) is 9.50 Å². The number of fused-ring (bicyclic) bond motifs is 1. The Morgan fingerprint density at radius 1 is 1.03 bits per heavy atom. The van der Waals surface area contributed by atoms with E-state index in [0.717, 1.165) is 33.8 Å². The Kier molecular flexibility index (Phi) is 6.03. The van der Waals surface area contributed by atoms with E-state index < -0.39 is 17.8 Å². The maximum atomic E-state index is 14.0. The van der Waals surface area contributed by atoms with Crippen molar-refractivity contribution in [2.45, 2.75) is 26.6 Å². The van der Waals surface area contributed by atoms with Gasteiger partial charge in [-0.3, -0.25) is 14.4 Å². The number of halogens is 3. The van der Waals surface area contributed by atoms with Gasteiger partial charge in [0.2, 0.25) is 0 Å². The second-order valence-corrected chi connectivity index (χ2v) is 9.21. The smallest absolute Gasteiger partial charge is 0.335 e. The molecule has 188 valence electrons. The SMILES string of the molecule is Cc1ccc(-c2cc(C(F)(F)F)n3nc(C(=O)N4CCN(Cc5cnn(C)c5)CC4)cc3n2)cc1C. The van der Waals surface area contributed by atoms with Crippen LogP contribution in [0, 0.1) is 13.8 Å². The van der Waals surface area contributed by atoms with Gasteiger partial charge in [-0.2, -0.15) is 23.4 Å². The Bertz CT molecular complexity index is 1430. The van der Waals surface area contributed by atoms with Crippen LogP contribution in [-0.2, 0) is 19.8 Å². The molecule has 0 radical (unpaired) electrons. The number of hydrogen-bond donors (Lipinski definition) is 0. The minimum Gasteiger partial charge on any atom is -0.335 e. The predicted molar refractivity (Wildman–Crippen MR) is 127 cm³/mol. The second kappa shape index (κ2) is 9.05. The van der Waals surface area contributed by atoms with Crippen molar-refractivity contribution < 1.29 is 18.0 Å². The molecule has 1 amide bonds. The molecule has 8 nitrogen and oxygen atoms in total. The van der Waals surface area contributed by atoms with Gasteiger partial charge in [0.05, 0.1) is 11.9 Å². The molecule has 1 aliphatic heterocycles. The molecular weight excluding hydrogens is 471 g/mol. The van der Waals surface area contributed by atoms with Gasteiger partial charge in [0.15, 0.2) is 17.0 Å². The van der Waals surface area contributed by atoms with Gasteiger partial charge in [-0.1, -0.05) is 12.1 Å². The summed E-state index contributed by atoms with van der Waals surface area (Å²) in [4.78, 5) is 21.4. The van der Waals surface area contributed by atoms with E-state index in [-0.39, 0.29) is 17.0 Å². The molecule has 3 aromatic heterocycles. The fourth-order valence-electron chi connectivity index (χ4n) is 4.41. The molecule has 0 bridgehead atoms. The first-order valence-electron chi connectivity index (χ1n) is 11.6. The van der Waals surface area contributed by atoms with Crippen molar-refractivity contribution in [3.05, 3.63) is 70.8 Å². The Morgan fingerprint density at radius 3 is 2.42 bits per heavy atom. The van der Waals surface area contributed by atoms with Crippen molar-refractivity contribution in [2.24, 2.45) is 7.05 Å². The van der Waals surface area contributed by atoms with E-state index in [9.17, 15) is 18.0 Å². The number of benzene rings is 1. The highest BCUT2D eigenvalue weighted by Crippen LogP contribution is 2.33. The Hall–Kier alpha value is -3.73. The molecule has 4 aromatic rings. The van der Waals surface area contributed by atoms with Crippen LogP contribution in [0.15, 0.2) is 42.7 Å². The number of hydrogen-bond acceptors (Lipinski definition) is 5. The summed E-state index contributed by atoms with van der Waals surface area (Å²) in [6, 6.07) is 7.72. The van der Waals surface area contributed by atoms with E-state index in [0.29, 0.717) is 31.7 Å². The second-order valence-electron chi connectivity index (χ2n) is 9.21. The third-order valence-corrected chi connectivity index (χ3v) is 6.56. The zero-order valence-corrected chi connectivity index (χ0v) is 20.2. The summed E-state index contributed by atoms with van der Waals surface area (Å²) in [6.45, 7) is 6.78. The van der Waals surface area contributed by atoms with E-state index in [4.69, 9.17) is 0 Å². The number of piperazine rings is 1. The Labute approximate surface area is 206 Å². The lowest BCUT2D eigenvalue weighted by Crippen LogP contribution is -2.48. The lowest BCUT2D eigenvalue weighted by molar-refractivity contribution is -0.142. The molecule has 1 fully saturated rings. The fraction of sp³-hybridized carbons (Fsp3) is 0.360. The third kappa shape index (κ3) is 4.70. The fourth-order valence-corrected chi connectivity index (χ4v) is 4.41. The lowest BCUT2D eigenvalue weighted by Gasteiger charge is -2.34.